The molecule has 1 aliphatic carbocycles. The smallest absolute Gasteiger partial charge is 0.293 e. The van der Waals surface area contributed by atoms with E-state index >= 15 is 0 Å². The number of hydrogen-bond acceptors (Lipinski definition) is 3. The zero-order valence-electron chi connectivity index (χ0n) is 12.6. The first kappa shape index (κ1) is 15.0. The molecule has 0 N–H and O–H groups in total. The monoisotopic (exact) mass is 276 g/mol. The van der Waals surface area contributed by atoms with Gasteiger partial charge in [-0.25, -0.2) is 4.79 Å². The van der Waals surface area contributed by atoms with Crippen LogP contribution in [-0.4, -0.2) is 12.1 Å². The standard InChI is InChI=1S/C17H24O3/c1-17(2,3)15-12-8-7-11-14(15)16(18)20-19-13-9-5-4-6-10-13/h7-8,11-13H,4-6,9-10H2,1-3H3. The summed E-state index contributed by atoms with van der Waals surface area (Å²) >= 11 is 0. The van der Waals surface area contributed by atoms with Crippen molar-refractivity contribution in [2.45, 2.75) is 64.4 Å². The van der Waals surface area contributed by atoms with E-state index in [0.29, 0.717) is 5.56 Å². The Hall–Kier alpha value is -1.35. The fourth-order valence-corrected chi connectivity index (χ4v) is 2.63. The summed E-state index contributed by atoms with van der Waals surface area (Å²) in [5.74, 6) is -0.388. The Balaban J connectivity index is 2.02. The summed E-state index contributed by atoms with van der Waals surface area (Å²) in [6, 6.07) is 7.57. The van der Waals surface area contributed by atoms with Crippen molar-refractivity contribution < 1.29 is 14.6 Å². The summed E-state index contributed by atoms with van der Waals surface area (Å²) in [7, 11) is 0. The molecule has 0 spiro atoms. The van der Waals surface area contributed by atoms with E-state index in [1.165, 1.54) is 6.42 Å². The Kier molecular flexibility index (Phi) is 4.81. The Morgan fingerprint density at radius 2 is 1.75 bits per heavy atom. The van der Waals surface area contributed by atoms with Crippen molar-refractivity contribution in [2.24, 2.45) is 0 Å². The Morgan fingerprint density at radius 1 is 1.10 bits per heavy atom. The molecule has 0 bridgehead atoms. The van der Waals surface area contributed by atoms with Crippen LogP contribution in [0.25, 0.3) is 0 Å². The van der Waals surface area contributed by atoms with Crippen LogP contribution in [0.2, 0.25) is 0 Å². The third kappa shape index (κ3) is 3.83. The summed E-state index contributed by atoms with van der Waals surface area (Å²) in [6.07, 6.45) is 5.58. The van der Waals surface area contributed by atoms with Crippen LogP contribution >= 0.6 is 0 Å². The molecular formula is C17H24O3. The highest BCUT2D eigenvalue weighted by Gasteiger charge is 2.24. The fourth-order valence-electron chi connectivity index (χ4n) is 2.63. The lowest BCUT2D eigenvalue weighted by molar-refractivity contribution is -0.279. The van der Waals surface area contributed by atoms with Gasteiger partial charge in [-0.05, 0) is 29.9 Å². The van der Waals surface area contributed by atoms with Crippen LogP contribution in [-0.2, 0) is 15.2 Å². The molecule has 0 aromatic heterocycles. The van der Waals surface area contributed by atoms with Gasteiger partial charge in [0.15, 0.2) is 0 Å². The zero-order valence-corrected chi connectivity index (χ0v) is 12.6. The predicted molar refractivity (Wildman–Crippen MR) is 78.5 cm³/mol. The van der Waals surface area contributed by atoms with E-state index in [0.717, 1.165) is 31.2 Å². The van der Waals surface area contributed by atoms with Gasteiger partial charge in [-0.3, -0.25) is 4.89 Å². The van der Waals surface area contributed by atoms with Crippen molar-refractivity contribution in [3.05, 3.63) is 35.4 Å². The van der Waals surface area contributed by atoms with Gasteiger partial charge in [-0.15, -0.1) is 0 Å². The van der Waals surface area contributed by atoms with Crippen molar-refractivity contribution in [1.29, 1.82) is 0 Å². The second kappa shape index (κ2) is 6.40. The average molecular weight is 276 g/mol. The van der Waals surface area contributed by atoms with Crippen LogP contribution in [0.3, 0.4) is 0 Å². The quantitative estimate of drug-likeness (QED) is 0.606. The van der Waals surface area contributed by atoms with Crippen molar-refractivity contribution in [2.75, 3.05) is 0 Å². The lowest BCUT2D eigenvalue weighted by Crippen LogP contribution is -2.22. The van der Waals surface area contributed by atoms with Gasteiger partial charge in [-0.2, -0.15) is 4.89 Å². The lowest BCUT2D eigenvalue weighted by Gasteiger charge is -2.23. The van der Waals surface area contributed by atoms with Crippen LogP contribution in [0.5, 0.6) is 0 Å². The molecule has 1 saturated carbocycles. The molecule has 3 nitrogen and oxygen atoms in total. The molecule has 20 heavy (non-hydrogen) atoms. The van der Waals surface area contributed by atoms with Crippen LogP contribution in [0, 0.1) is 0 Å². The van der Waals surface area contributed by atoms with E-state index in [1.807, 2.05) is 18.2 Å². The molecule has 110 valence electrons. The summed E-state index contributed by atoms with van der Waals surface area (Å²) < 4.78 is 0. The molecule has 0 heterocycles. The van der Waals surface area contributed by atoms with E-state index in [-0.39, 0.29) is 17.5 Å². The third-order valence-corrected chi connectivity index (χ3v) is 3.77. The Labute approximate surface area is 121 Å². The molecule has 2 rings (SSSR count). The van der Waals surface area contributed by atoms with E-state index in [1.54, 1.807) is 6.07 Å². The first-order valence-corrected chi connectivity index (χ1v) is 7.45. The molecule has 0 radical (unpaired) electrons. The van der Waals surface area contributed by atoms with Crippen LogP contribution < -0.4 is 0 Å². The highest BCUT2D eigenvalue weighted by Crippen LogP contribution is 2.27. The number of rotatable bonds is 3. The van der Waals surface area contributed by atoms with Gasteiger partial charge in [-0.1, -0.05) is 58.2 Å². The number of benzene rings is 1. The van der Waals surface area contributed by atoms with Crippen molar-refractivity contribution in [3.63, 3.8) is 0 Å². The maximum atomic E-state index is 12.2. The van der Waals surface area contributed by atoms with Gasteiger partial charge >= 0.3 is 5.97 Å². The van der Waals surface area contributed by atoms with Gasteiger partial charge in [0, 0.05) is 0 Å². The van der Waals surface area contributed by atoms with Gasteiger partial charge < -0.3 is 0 Å². The van der Waals surface area contributed by atoms with Gasteiger partial charge in [0.25, 0.3) is 0 Å². The maximum Gasteiger partial charge on any atom is 0.373 e. The molecule has 1 aromatic carbocycles. The highest BCUT2D eigenvalue weighted by atomic mass is 17.2. The SMILES string of the molecule is CC(C)(C)c1ccccc1C(=O)OOC1CCCCC1. The summed E-state index contributed by atoms with van der Waals surface area (Å²) in [5.41, 5.74) is 1.48. The molecule has 1 fully saturated rings. The third-order valence-electron chi connectivity index (χ3n) is 3.77. The van der Waals surface area contributed by atoms with Gasteiger partial charge in [0.2, 0.25) is 0 Å². The topological polar surface area (TPSA) is 35.5 Å². The van der Waals surface area contributed by atoms with Crippen molar-refractivity contribution >= 4 is 5.97 Å². The second-order valence-electron chi connectivity index (χ2n) is 6.52. The largest absolute Gasteiger partial charge is 0.373 e. The number of hydrogen-bond donors (Lipinski definition) is 0. The molecule has 0 saturated heterocycles. The minimum absolute atomic E-state index is 0.0644. The molecule has 0 unspecified atom stereocenters. The van der Waals surface area contributed by atoms with E-state index in [2.05, 4.69) is 20.8 Å². The van der Waals surface area contributed by atoms with E-state index < -0.39 is 0 Å². The molecule has 1 aliphatic rings. The maximum absolute atomic E-state index is 12.2. The van der Waals surface area contributed by atoms with Gasteiger partial charge in [0.05, 0.1) is 5.56 Å². The fraction of sp³-hybridized carbons (Fsp3) is 0.588. The van der Waals surface area contributed by atoms with Crippen LogP contribution in [0.15, 0.2) is 24.3 Å². The zero-order chi connectivity index (χ0) is 14.6. The normalized spacial score (nSPS) is 16.9. The number of carbonyl (C=O) groups excluding carboxylic acids is 1. The highest BCUT2D eigenvalue weighted by molar-refractivity contribution is 5.91. The van der Waals surface area contributed by atoms with E-state index in [9.17, 15) is 4.79 Å². The molecule has 0 aliphatic heterocycles. The Bertz CT molecular complexity index is 454. The molecule has 3 heteroatoms. The number of carbonyl (C=O) groups is 1. The summed E-state index contributed by atoms with van der Waals surface area (Å²) in [6.45, 7) is 6.25. The molecular weight excluding hydrogens is 252 g/mol. The molecule has 0 amide bonds. The minimum atomic E-state index is -0.388. The van der Waals surface area contributed by atoms with Crippen molar-refractivity contribution in [1.82, 2.24) is 0 Å². The van der Waals surface area contributed by atoms with Crippen molar-refractivity contribution in [3.8, 4) is 0 Å². The van der Waals surface area contributed by atoms with Crippen LogP contribution in [0.1, 0.15) is 68.8 Å². The van der Waals surface area contributed by atoms with Crippen LogP contribution in [0.4, 0.5) is 0 Å². The van der Waals surface area contributed by atoms with E-state index in [4.69, 9.17) is 9.78 Å². The summed E-state index contributed by atoms with van der Waals surface area (Å²) in [4.78, 5) is 22.6. The first-order valence-electron chi connectivity index (χ1n) is 7.45. The van der Waals surface area contributed by atoms with Gasteiger partial charge in [0.1, 0.15) is 6.10 Å². The first-order chi connectivity index (χ1) is 9.48. The second-order valence-corrected chi connectivity index (χ2v) is 6.52. The minimum Gasteiger partial charge on any atom is -0.293 e. The summed E-state index contributed by atoms with van der Waals surface area (Å²) in [5, 5.41) is 0. The molecule has 0 atom stereocenters. The Morgan fingerprint density at radius 3 is 2.40 bits per heavy atom. The lowest BCUT2D eigenvalue weighted by atomic mass is 9.84. The average Bonchev–Trinajstić information content (AvgIpc) is 2.45. The molecule has 1 aromatic rings. The predicted octanol–water partition coefficient (Wildman–Crippen LogP) is 4.41.